The predicted molar refractivity (Wildman–Crippen MR) is 121 cm³/mol. The molecule has 1 fully saturated rings. The Morgan fingerprint density at radius 3 is 1.93 bits per heavy atom. The van der Waals surface area contributed by atoms with Crippen LogP contribution in [0.25, 0.3) is 0 Å². The number of rotatable bonds is 9. The Labute approximate surface area is 169 Å². The summed E-state index contributed by atoms with van der Waals surface area (Å²) in [4.78, 5) is 12.3. The highest BCUT2D eigenvalue weighted by atomic mass is 31.2. The van der Waals surface area contributed by atoms with Crippen LogP contribution in [0.4, 0.5) is 0 Å². The van der Waals surface area contributed by atoms with E-state index in [9.17, 15) is 9.36 Å². The molecule has 0 aromatic carbocycles. The zero-order chi connectivity index (χ0) is 21.1. The highest BCUT2D eigenvalue weighted by molar-refractivity contribution is 7.61. The number of carbonyl (C=O) groups excluding carboxylic acids is 1. The van der Waals surface area contributed by atoms with Gasteiger partial charge in [0.1, 0.15) is 0 Å². The third kappa shape index (κ3) is 10.0. The van der Waals surface area contributed by atoms with Gasteiger partial charge in [-0.05, 0) is 71.8 Å². The zero-order valence-corrected chi connectivity index (χ0v) is 22.8. The predicted octanol–water partition coefficient (Wildman–Crippen LogP) is 6.05. The van der Waals surface area contributed by atoms with Gasteiger partial charge in [0.2, 0.25) is 8.32 Å². The zero-order valence-electron chi connectivity index (χ0n) is 18.9. The van der Waals surface area contributed by atoms with Crippen molar-refractivity contribution in [3.05, 3.63) is 0 Å². The molecule has 0 bridgehead atoms. The molecule has 0 spiro atoms. The quantitative estimate of drug-likeness (QED) is 0.315. The van der Waals surface area contributed by atoms with Crippen LogP contribution in [0.2, 0.25) is 58.9 Å². The second-order valence-corrected chi connectivity index (χ2v) is 27.0. The minimum atomic E-state index is -3.00. The van der Waals surface area contributed by atoms with Gasteiger partial charge in [-0.3, -0.25) is 9.36 Å². The van der Waals surface area contributed by atoms with Crippen LogP contribution in [-0.2, 0) is 22.4 Å². The van der Waals surface area contributed by atoms with E-state index < -0.39 is 32.3 Å². The molecule has 0 N–H and O–H groups in total. The molecule has 1 rings (SSSR count). The summed E-state index contributed by atoms with van der Waals surface area (Å²) in [5.41, 5.74) is -0.0932. The summed E-state index contributed by atoms with van der Waals surface area (Å²) in [6.45, 7) is 18.7. The van der Waals surface area contributed by atoms with Gasteiger partial charge in [-0.25, -0.2) is 0 Å². The van der Waals surface area contributed by atoms with Crippen molar-refractivity contribution >= 4 is 38.3 Å². The van der Waals surface area contributed by atoms with E-state index in [1.165, 1.54) is 0 Å². The fourth-order valence-corrected chi connectivity index (χ4v) is 12.3. The molecule has 1 saturated carbocycles. The molecular formula is C18H41O5PSi3. The smallest absolute Gasteiger partial charge is 0.293 e. The number of hydrogen-bond donors (Lipinski definition) is 0. The maximum Gasteiger partial charge on any atom is 0.293 e. The second-order valence-electron chi connectivity index (χ2n) is 10.6. The molecule has 0 aliphatic heterocycles. The van der Waals surface area contributed by atoms with Crippen molar-refractivity contribution in [1.29, 1.82) is 0 Å². The lowest BCUT2D eigenvalue weighted by molar-refractivity contribution is -0.134. The first kappa shape index (κ1) is 25.3. The average Bonchev–Trinajstić information content (AvgIpc) is 2.40. The Kier molecular flexibility index (Phi) is 8.80. The van der Waals surface area contributed by atoms with Gasteiger partial charge in [0.05, 0.1) is 18.2 Å². The van der Waals surface area contributed by atoms with Gasteiger partial charge in [0.15, 0.2) is 24.0 Å². The van der Waals surface area contributed by atoms with Crippen molar-refractivity contribution in [2.24, 2.45) is 0 Å². The molecule has 3 unspecified atom stereocenters. The van der Waals surface area contributed by atoms with E-state index in [1.54, 1.807) is 0 Å². The Hall–Kier alpha value is 0.271. The molecule has 1 aliphatic carbocycles. The fraction of sp³-hybridized carbons (Fsp3) is 0.944. The topological polar surface area (TPSA) is 61.8 Å². The summed E-state index contributed by atoms with van der Waals surface area (Å²) < 4.78 is 32.4. The van der Waals surface area contributed by atoms with E-state index in [2.05, 4.69) is 39.3 Å². The molecule has 0 heterocycles. The van der Waals surface area contributed by atoms with Crippen LogP contribution >= 0.6 is 7.37 Å². The molecule has 9 heteroatoms. The lowest BCUT2D eigenvalue weighted by Crippen LogP contribution is -2.42. The highest BCUT2D eigenvalue weighted by Crippen LogP contribution is 2.59. The van der Waals surface area contributed by atoms with Gasteiger partial charge in [0.25, 0.3) is 5.97 Å². The van der Waals surface area contributed by atoms with E-state index in [-0.39, 0.29) is 30.3 Å². The first-order valence-electron chi connectivity index (χ1n) is 10.2. The maximum atomic E-state index is 14.1. The first-order valence-corrected chi connectivity index (χ1v) is 22.3. The molecule has 1 aliphatic rings. The Morgan fingerprint density at radius 1 is 0.889 bits per heavy atom. The largest absolute Gasteiger partial charge is 0.520 e. The van der Waals surface area contributed by atoms with Crippen LogP contribution in [0.1, 0.15) is 32.1 Å². The summed E-state index contributed by atoms with van der Waals surface area (Å²) in [5, 5.41) is 0. The van der Waals surface area contributed by atoms with E-state index in [0.29, 0.717) is 0 Å². The molecule has 160 valence electrons. The van der Waals surface area contributed by atoms with Crippen LogP contribution in [-0.4, -0.2) is 48.8 Å². The van der Waals surface area contributed by atoms with E-state index in [4.69, 9.17) is 13.1 Å². The molecule has 3 atom stereocenters. The van der Waals surface area contributed by atoms with Crippen molar-refractivity contribution in [1.82, 2.24) is 0 Å². The fourth-order valence-electron chi connectivity index (χ4n) is 3.50. The monoisotopic (exact) mass is 452 g/mol. The maximum absolute atomic E-state index is 14.1. The molecule has 0 saturated heterocycles. The van der Waals surface area contributed by atoms with Gasteiger partial charge in [0, 0.05) is 6.16 Å². The third-order valence-electron chi connectivity index (χ3n) is 4.15. The molecule has 5 nitrogen and oxygen atoms in total. The Balaban J connectivity index is 3.02. The lowest BCUT2D eigenvalue weighted by atomic mass is 9.97. The summed E-state index contributed by atoms with van der Waals surface area (Å²) in [6, 6.07) is 0. The minimum absolute atomic E-state index is 0.0133. The van der Waals surface area contributed by atoms with E-state index in [1.807, 2.05) is 19.6 Å². The van der Waals surface area contributed by atoms with Crippen LogP contribution in [0.3, 0.4) is 0 Å². The first-order chi connectivity index (χ1) is 12.0. The molecule has 0 amide bonds. The molecule has 0 aromatic heterocycles. The van der Waals surface area contributed by atoms with Crippen LogP contribution in [0.5, 0.6) is 0 Å². The molecule has 0 aromatic rings. The van der Waals surface area contributed by atoms with Crippen molar-refractivity contribution < 1.29 is 22.4 Å². The summed E-state index contributed by atoms with van der Waals surface area (Å²) >= 11 is 0. The molecule has 0 radical (unpaired) electrons. The number of carbonyl (C=O) groups is 1. The Bertz CT molecular complexity index is 549. The van der Waals surface area contributed by atoms with Crippen LogP contribution in [0, 0.1) is 0 Å². The van der Waals surface area contributed by atoms with Crippen molar-refractivity contribution in [3.63, 3.8) is 0 Å². The second kappa shape index (κ2) is 9.39. The normalized spacial score (nSPS) is 24.3. The van der Waals surface area contributed by atoms with Crippen molar-refractivity contribution in [2.75, 3.05) is 6.16 Å². The van der Waals surface area contributed by atoms with E-state index >= 15 is 0 Å². The van der Waals surface area contributed by atoms with Crippen molar-refractivity contribution in [3.8, 4) is 0 Å². The summed E-state index contributed by atoms with van der Waals surface area (Å²) in [7, 11) is -8.73. The summed E-state index contributed by atoms with van der Waals surface area (Å²) in [5.74, 6) is -0.243. The lowest BCUT2D eigenvalue weighted by Gasteiger charge is -2.41. The number of hydrogen-bond acceptors (Lipinski definition) is 5. The minimum Gasteiger partial charge on any atom is -0.520 e. The third-order valence-corrected chi connectivity index (χ3v) is 11.9. The SMILES string of the molecule is C[Si](C)(C)OC(=O)CCP(=O)(O[Si](C)(C)C)C1CCCCC1O[Si](C)(C)C. The van der Waals surface area contributed by atoms with Gasteiger partial charge >= 0.3 is 0 Å². The van der Waals surface area contributed by atoms with Gasteiger partial charge < -0.3 is 13.1 Å². The average molecular weight is 453 g/mol. The Morgan fingerprint density at radius 2 is 1.44 bits per heavy atom. The standard InChI is InChI=1S/C18H41O5PSi3/c1-25(2,3)21-16-12-10-11-13-17(16)24(20,23-27(7,8)9)15-14-18(19)22-26(4,5)6/h16-17H,10-15H2,1-9H3. The van der Waals surface area contributed by atoms with Gasteiger partial charge in [-0.15, -0.1) is 0 Å². The molecular weight excluding hydrogens is 411 g/mol. The van der Waals surface area contributed by atoms with Gasteiger partial charge in [-0.1, -0.05) is 12.8 Å². The van der Waals surface area contributed by atoms with Crippen LogP contribution in [0.15, 0.2) is 0 Å². The van der Waals surface area contributed by atoms with Crippen LogP contribution < -0.4 is 0 Å². The molecule has 27 heavy (non-hydrogen) atoms. The van der Waals surface area contributed by atoms with E-state index in [0.717, 1.165) is 25.7 Å². The highest BCUT2D eigenvalue weighted by Gasteiger charge is 2.45. The van der Waals surface area contributed by atoms with Gasteiger partial charge in [-0.2, -0.15) is 0 Å². The van der Waals surface area contributed by atoms with Crippen molar-refractivity contribution in [2.45, 2.75) is 103 Å². The summed E-state index contributed by atoms with van der Waals surface area (Å²) in [6.07, 6.45) is 4.39.